The Morgan fingerprint density at radius 2 is 2.29 bits per heavy atom. The van der Waals surface area contributed by atoms with Crippen molar-refractivity contribution in [3.05, 3.63) is 11.8 Å². The zero-order valence-electron chi connectivity index (χ0n) is 7.11. The third kappa shape index (κ3) is 2.87. The molecule has 7 heteroatoms. The third-order valence-corrected chi connectivity index (χ3v) is 1.44. The van der Waals surface area contributed by atoms with E-state index in [0.717, 1.165) is 6.20 Å². The number of hydrogen-bond donors (Lipinski definition) is 3. The topological polar surface area (TPSA) is 110 Å². The first kappa shape index (κ1) is 10.2. The van der Waals surface area contributed by atoms with Crippen molar-refractivity contribution in [3.63, 3.8) is 0 Å². The summed E-state index contributed by atoms with van der Waals surface area (Å²) < 4.78 is 0. The average Bonchev–Trinajstić information content (AvgIpc) is 2.08. The quantitative estimate of drug-likeness (QED) is 0.504. The summed E-state index contributed by atoms with van der Waals surface area (Å²) >= 11 is 0. The fourth-order valence-electron chi connectivity index (χ4n) is 0.835. The Hall–Kier alpha value is -1.89. The molecule has 0 unspecified atom stereocenters. The van der Waals surface area contributed by atoms with E-state index in [1.807, 2.05) is 5.32 Å². The van der Waals surface area contributed by atoms with E-state index in [4.69, 9.17) is 5.11 Å². The van der Waals surface area contributed by atoms with E-state index < -0.39 is 17.9 Å². The first-order chi connectivity index (χ1) is 6.59. The van der Waals surface area contributed by atoms with Crippen LogP contribution in [-0.4, -0.2) is 36.1 Å². The number of aliphatic carboxylic acids is 1. The normalized spacial score (nSPS) is 15.6. The average molecular weight is 198 g/mol. The molecule has 0 aromatic heterocycles. The number of imide groups is 1. The van der Waals surface area contributed by atoms with Crippen LogP contribution in [-0.2, 0) is 9.59 Å². The molecule has 0 spiro atoms. The molecule has 0 atom stereocenters. The number of nitrogens with zero attached hydrogens (tertiary/aromatic N) is 1. The maximum Gasteiger partial charge on any atom is 0.347 e. The van der Waals surface area contributed by atoms with Gasteiger partial charge in [0.1, 0.15) is 0 Å². The van der Waals surface area contributed by atoms with Crippen LogP contribution in [0.5, 0.6) is 0 Å². The molecular weight excluding hydrogens is 190 g/mol. The lowest BCUT2D eigenvalue weighted by molar-refractivity contribution is -0.136. The second kappa shape index (κ2) is 4.38. The molecule has 0 saturated carbocycles. The molecule has 0 bridgehead atoms. The standard InChI is InChI=1S/C7H8N3O4/c11-5(12)3-8-1-4-2-9-7(14)10-6(4)13/h2,8H,1,3H2,(H,11,12)(H,10,13,14). The van der Waals surface area contributed by atoms with Gasteiger partial charge in [-0.15, -0.1) is 0 Å². The van der Waals surface area contributed by atoms with E-state index in [9.17, 15) is 14.4 Å². The van der Waals surface area contributed by atoms with Crippen LogP contribution in [0.4, 0.5) is 4.79 Å². The molecule has 7 nitrogen and oxygen atoms in total. The van der Waals surface area contributed by atoms with Crippen molar-refractivity contribution in [2.45, 2.75) is 0 Å². The van der Waals surface area contributed by atoms with Gasteiger partial charge in [0.05, 0.1) is 6.54 Å². The van der Waals surface area contributed by atoms with E-state index in [-0.39, 0.29) is 18.7 Å². The minimum atomic E-state index is -1.02. The minimum Gasteiger partial charge on any atom is -0.480 e. The van der Waals surface area contributed by atoms with Crippen LogP contribution >= 0.6 is 0 Å². The second-order valence-electron chi connectivity index (χ2n) is 2.54. The Balaban J connectivity index is 2.41. The molecule has 1 rings (SSSR count). The van der Waals surface area contributed by atoms with Crippen molar-refractivity contribution < 1.29 is 19.5 Å². The van der Waals surface area contributed by atoms with Crippen LogP contribution in [0.3, 0.4) is 0 Å². The summed E-state index contributed by atoms with van der Waals surface area (Å²) in [6.45, 7) is -0.187. The smallest absolute Gasteiger partial charge is 0.347 e. The molecule has 1 aliphatic rings. The number of urea groups is 1. The van der Waals surface area contributed by atoms with Gasteiger partial charge in [-0.3, -0.25) is 14.9 Å². The van der Waals surface area contributed by atoms with E-state index in [2.05, 4.69) is 10.6 Å². The fraction of sp³-hybridized carbons (Fsp3) is 0.286. The number of rotatable bonds is 4. The van der Waals surface area contributed by atoms with Crippen LogP contribution in [0, 0.1) is 0 Å². The molecule has 3 N–H and O–H groups in total. The Labute approximate surface area is 79.2 Å². The summed E-state index contributed by atoms with van der Waals surface area (Å²) in [5, 5.41) is 16.1. The SMILES string of the molecule is O=C(O)CNCC1=C[N]C(=O)NC1=O. The van der Waals surface area contributed by atoms with Gasteiger partial charge >= 0.3 is 12.0 Å². The number of hydrogen-bond acceptors (Lipinski definition) is 4. The first-order valence-electron chi connectivity index (χ1n) is 3.77. The highest BCUT2D eigenvalue weighted by Gasteiger charge is 2.18. The first-order valence-corrected chi connectivity index (χ1v) is 3.77. The molecular formula is C7H8N3O4. The van der Waals surface area contributed by atoms with Gasteiger partial charge in [-0.1, -0.05) is 0 Å². The maximum absolute atomic E-state index is 11.0. The Morgan fingerprint density at radius 3 is 2.86 bits per heavy atom. The molecule has 75 valence electrons. The Kier molecular flexibility index (Phi) is 3.19. The lowest BCUT2D eigenvalue weighted by atomic mass is 10.2. The zero-order valence-corrected chi connectivity index (χ0v) is 7.11. The molecule has 0 saturated heterocycles. The van der Waals surface area contributed by atoms with Crippen molar-refractivity contribution >= 4 is 17.9 Å². The van der Waals surface area contributed by atoms with Crippen LogP contribution in [0.25, 0.3) is 0 Å². The van der Waals surface area contributed by atoms with Crippen molar-refractivity contribution in [1.82, 2.24) is 16.0 Å². The predicted octanol–water partition coefficient (Wildman–Crippen LogP) is -1.60. The fourth-order valence-corrected chi connectivity index (χ4v) is 0.835. The summed E-state index contributed by atoms with van der Waals surface area (Å²) in [5.74, 6) is -1.57. The van der Waals surface area contributed by atoms with Gasteiger partial charge < -0.3 is 10.4 Å². The van der Waals surface area contributed by atoms with Gasteiger partial charge in [-0.05, 0) is 0 Å². The van der Waals surface area contributed by atoms with Crippen molar-refractivity contribution in [1.29, 1.82) is 0 Å². The minimum absolute atomic E-state index is 0.0644. The predicted molar refractivity (Wildman–Crippen MR) is 44.3 cm³/mol. The lowest BCUT2D eigenvalue weighted by Crippen LogP contribution is -2.42. The highest BCUT2D eigenvalue weighted by molar-refractivity contribution is 6.06. The van der Waals surface area contributed by atoms with E-state index in [1.54, 1.807) is 0 Å². The molecule has 1 heterocycles. The van der Waals surface area contributed by atoms with E-state index in [1.165, 1.54) is 0 Å². The van der Waals surface area contributed by atoms with Gasteiger partial charge in [0.15, 0.2) is 0 Å². The summed E-state index contributed by atoms with van der Waals surface area (Å²) in [5.41, 5.74) is 0.228. The number of amides is 3. The highest BCUT2D eigenvalue weighted by Crippen LogP contribution is 1.96. The molecule has 1 radical (unpaired) electrons. The number of nitrogens with one attached hydrogen (secondary N) is 2. The Morgan fingerprint density at radius 1 is 1.57 bits per heavy atom. The maximum atomic E-state index is 11.0. The second-order valence-corrected chi connectivity index (χ2v) is 2.54. The van der Waals surface area contributed by atoms with Crippen LogP contribution in [0.15, 0.2) is 11.8 Å². The largest absolute Gasteiger partial charge is 0.480 e. The third-order valence-electron chi connectivity index (χ3n) is 1.44. The molecule has 0 aromatic carbocycles. The van der Waals surface area contributed by atoms with Gasteiger partial charge in [0.2, 0.25) is 0 Å². The van der Waals surface area contributed by atoms with E-state index >= 15 is 0 Å². The highest BCUT2D eigenvalue weighted by atomic mass is 16.4. The molecule has 3 amide bonds. The number of carbonyl (C=O) groups excluding carboxylic acids is 2. The van der Waals surface area contributed by atoms with E-state index in [0.29, 0.717) is 0 Å². The van der Waals surface area contributed by atoms with Gasteiger partial charge in [-0.2, -0.15) is 0 Å². The van der Waals surface area contributed by atoms with Crippen LogP contribution in [0.1, 0.15) is 0 Å². The molecule has 14 heavy (non-hydrogen) atoms. The monoisotopic (exact) mass is 198 g/mol. The van der Waals surface area contributed by atoms with Crippen molar-refractivity contribution in [3.8, 4) is 0 Å². The van der Waals surface area contributed by atoms with Gasteiger partial charge in [0, 0.05) is 18.3 Å². The van der Waals surface area contributed by atoms with Gasteiger partial charge in [0.25, 0.3) is 5.91 Å². The zero-order chi connectivity index (χ0) is 10.6. The van der Waals surface area contributed by atoms with Crippen LogP contribution in [0.2, 0.25) is 0 Å². The summed E-state index contributed by atoms with van der Waals surface area (Å²) in [6.07, 6.45) is 1.12. The summed E-state index contributed by atoms with van der Waals surface area (Å²) in [6, 6.07) is -0.711. The molecule has 0 aliphatic carbocycles. The number of carboxylic acid groups (broad SMARTS) is 1. The summed E-state index contributed by atoms with van der Waals surface area (Å²) in [4.78, 5) is 31.7. The molecule has 0 aromatic rings. The lowest BCUT2D eigenvalue weighted by Gasteiger charge is -2.11. The van der Waals surface area contributed by atoms with Crippen molar-refractivity contribution in [2.24, 2.45) is 0 Å². The molecule has 1 aliphatic heterocycles. The van der Waals surface area contributed by atoms with Crippen LogP contribution < -0.4 is 16.0 Å². The van der Waals surface area contributed by atoms with Gasteiger partial charge in [-0.25, -0.2) is 10.1 Å². The van der Waals surface area contributed by atoms with Crippen molar-refractivity contribution in [2.75, 3.05) is 13.1 Å². The number of carbonyl (C=O) groups is 3. The summed E-state index contributed by atoms with van der Waals surface area (Å²) in [7, 11) is 0. The molecule has 0 fully saturated rings. The number of carboxylic acids is 1. The Bertz CT molecular complexity index is 310.